The van der Waals surface area contributed by atoms with E-state index in [-0.39, 0.29) is 13.2 Å². The standard InChI is InChI=1S/C29H29N3O4/c1-17(30)31-29-24-12-21(16-34)20(15-33)11-19(24)13-26-25-14-23(18-7-5-4-6-8-18)28(36-3)27(35-2)22(25)9-10-32(26)29/h4-8,11-14,30,33-34H,9-10,15-16H2,1-3H3/p+1. The lowest BCUT2D eigenvalue weighted by atomic mass is 9.89. The summed E-state index contributed by atoms with van der Waals surface area (Å²) in [6.07, 6.45) is 0.723. The van der Waals surface area contributed by atoms with Crippen molar-refractivity contribution in [3.63, 3.8) is 0 Å². The number of aliphatic hydroxyl groups excluding tert-OH is 2. The summed E-state index contributed by atoms with van der Waals surface area (Å²) in [5.74, 6) is 2.61. The zero-order valence-electron chi connectivity index (χ0n) is 20.7. The van der Waals surface area contributed by atoms with Crippen LogP contribution in [0.4, 0.5) is 5.82 Å². The van der Waals surface area contributed by atoms with Crippen LogP contribution in [0.1, 0.15) is 23.6 Å². The van der Waals surface area contributed by atoms with Gasteiger partial charge >= 0.3 is 5.82 Å². The summed E-state index contributed by atoms with van der Waals surface area (Å²) in [7, 11) is 3.34. The quantitative estimate of drug-likeness (QED) is 0.218. The van der Waals surface area contributed by atoms with Gasteiger partial charge in [-0.25, -0.2) is 4.57 Å². The first kappa shape index (κ1) is 23.8. The van der Waals surface area contributed by atoms with Gasteiger partial charge in [0.05, 0.1) is 39.4 Å². The van der Waals surface area contributed by atoms with Crippen LogP contribution in [0.3, 0.4) is 0 Å². The van der Waals surface area contributed by atoms with E-state index in [9.17, 15) is 10.2 Å². The van der Waals surface area contributed by atoms with Gasteiger partial charge in [-0.05, 0) is 51.3 Å². The summed E-state index contributed by atoms with van der Waals surface area (Å²) in [6, 6.07) is 18.2. The molecule has 0 unspecified atom stereocenters. The first-order valence-electron chi connectivity index (χ1n) is 11.9. The summed E-state index contributed by atoms with van der Waals surface area (Å²) < 4.78 is 13.9. The number of nitrogens with two attached hydrogens (primary N) is 1. The summed E-state index contributed by atoms with van der Waals surface area (Å²) in [4.78, 5) is 4.72. The number of methoxy groups -OCH3 is 2. The monoisotopic (exact) mass is 484 g/mol. The molecule has 0 saturated heterocycles. The highest BCUT2D eigenvalue weighted by molar-refractivity contribution is 5.96. The minimum absolute atomic E-state index is 0.162. The van der Waals surface area contributed by atoms with E-state index in [4.69, 9.17) is 20.2 Å². The third-order valence-corrected chi connectivity index (χ3v) is 6.77. The minimum Gasteiger partial charge on any atom is -0.493 e. The second-order valence-electron chi connectivity index (χ2n) is 8.92. The van der Waals surface area contributed by atoms with Crippen LogP contribution in [-0.4, -0.2) is 30.3 Å². The van der Waals surface area contributed by atoms with Crippen molar-refractivity contribution in [2.45, 2.75) is 33.1 Å². The molecule has 0 spiro atoms. The molecular weight excluding hydrogens is 454 g/mol. The highest BCUT2D eigenvalue weighted by atomic mass is 16.5. The molecule has 0 amide bonds. The van der Waals surface area contributed by atoms with Crippen LogP contribution in [0.5, 0.6) is 11.5 Å². The van der Waals surface area contributed by atoms with Crippen molar-refractivity contribution in [1.29, 1.82) is 0 Å². The van der Waals surface area contributed by atoms with Gasteiger partial charge in [-0.15, -0.1) is 0 Å². The van der Waals surface area contributed by atoms with Crippen LogP contribution in [-0.2, 0) is 26.2 Å². The number of aliphatic hydroxyl groups is 2. The molecule has 7 nitrogen and oxygen atoms in total. The predicted octanol–water partition coefficient (Wildman–Crippen LogP) is 4.03. The Kier molecular flexibility index (Phi) is 6.35. The molecule has 0 saturated carbocycles. The summed E-state index contributed by atoms with van der Waals surface area (Å²) in [5.41, 5.74) is 12.5. The number of rotatable bonds is 6. The topological polar surface area (TPSA) is 101 Å². The molecule has 1 aliphatic rings. The highest BCUT2D eigenvalue weighted by Crippen LogP contribution is 2.47. The molecule has 184 valence electrons. The third-order valence-electron chi connectivity index (χ3n) is 6.77. The number of aliphatic imine (C=N–C) groups is 1. The zero-order chi connectivity index (χ0) is 25.4. The van der Waals surface area contributed by atoms with E-state index >= 15 is 0 Å². The van der Waals surface area contributed by atoms with Gasteiger partial charge in [-0.1, -0.05) is 30.3 Å². The third kappa shape index (κ3) is 3.86. The molecule has 36 heavy (non-hydrogen) atoms. The molecule has 2 heterocycles. The Bertz CT molecular complexity index is 1490. The molecule has 0 radical (unpaired) electrons. The molecule has 4 N–H and O–H groups in total. The molecule has 4 aromatic rings. The van der Waals surface area contributed by atoms with Crippen LogP contribution in [0.15, 0.2) is 59.6 Å². The molecule has 1 aromatic heterocycles. The van der Waals surface area contributed by atoms with Crippen molar-refractivity contribution in [3.8, 4) is 33.9 Å². The largest absolute Gasteiger partial charge is 0.493 e. The van der Waals surface area contributed by atoms with Gasteiger partial charge in [0.2, 0.25) is 5.84 Å². The molecule has 5 rings (SSSR count). The van der Waals surface area contributed by atoms with E-state index < -0.39 is 0 Å². The van der Waals surface area contributed by atoms with E-state index in [1.165, 1.54) is 0 Å². The molecule has 7 heteroatoms. The molecule has 0 atom stereocenters. The Hall–Kier alpha value is -3.94. The molecule has 0 aliphatic carbocycles. The van der Waals surface area contributed by atoms with Gasteiger partial charge < -0.3 is 25.4 Å². The minimum atomic E-state index is -0.168. The van der Waals surface area contributed by atoms with E-state index in [1.807, 2.05) is 30.3 Å². The van der Waals surface area contributed by atoms with Crippen molar-refractivity contribution in [3.05, 3.63) is 71.3 Å². The Labute approximate surface area is 210 Å². The maximum atomic E-state index is 9.91. The average molecular weight is 485 g/mol. The Morgan fingerprint density at radius 2 is 1.64 bits per heavy atom. The van der Waals surface area contributed by atoms with E-state index in [2.05, 4.69) is 28.8 Å². The number of benzene rings is 3. The fourth-order valence-corrected chi connectivity index (χ4v) is 5.17. The Morgan fingerprint density at radius 3 is 2.28 bits per heavy atom. The zero-order valence-corrected chi connectivity index (χ0v) is 20.7. The lowest BCUT2D eigenvalue weighted by Crippen LogP contribution is -2.41. The van der Waals surface area contributed by atoms with Crippen molar-refractivity contribution >= 4 is 22.4 Å². The normalized spacial score (nSPS) is 12.9. The summed E-state index contributed by atoms with van der Waals surface area (Å²) in [6.45, 7) is 2.10. The van der Waals surface area contributed by atoms with Crippen LogP contribution < -0.4 is 19.8 Å². The number of pyridine rings is 1. The van der Waals surface area contributed by atoms with Crippen molar-refractivity contribution in [2.24, 2.45) is 10.7 Å². The first-order valence-corrected chi connectivity index (χ1v) is 11.9. The van der Waals surface area contributed by atoms with Gasteiger partial charge in [0, 0.05) is 30.0 Å². The number of amidine groups is 1. The first-order chi connectivity index (χ1) is 17.5. The van der Waals surface area contributed by atoms with Crippen LogP contribution in [0.2, 0.25) is 0 Å². The van der Waals surface area contributed by atoms with Crippen LogP contribution >= 0.6 is 0 Å². The maximum absolute atomic E-state index is 9.91. The van der Waals surface area contributed by atoms with Gasteiger partial charge in [-0.2, -0.15) is 0 Å². The van der Waals surface area contributed by atoms with Crippen LogP contribution in [0, 0.1) is 0 Å². The van der Waals surface area contributed by atoms with E-state index in [1.54, 1.807) is 21.1 Å². The molecule has 3 aromatic carbocycles. The fourth-order valence-electron chi connectivity index (χ4n) is 5.17. The number of hydrogen-bond acceptors (Lipinski definition) is 5. The highest BCUT2D eigenvalue weighted by Gasteiger charge is 2.31. The molecule has 0 fully saturated rings. The predicted molar refractivity (Wildman–Crippen MR) is 141 cm³/mol. The summed E-state index contributed by atoms with van der Waals surface area (Å²) >= 11 is 0. The second-order valence-corrected chi connectivity index (χ2v) is 8.92. The summed E-state index contributed by atoms with van der Waals surface area (Å²) in [5, 5.41) is 21.6. The molecule has 1 aliphatic heterocycles. The molecular formula is C29H30N3O4+. The van der Waals surface area contributed by atoms with Crippen LogP contribution in [0.25, 0.3) is 33.2 Å². The van der Waals surface area contributed by atoms with Gasteiger partial charge in [0.15, 0.2) is 11.5 Å². The Balaban J connectivity index is 1.88. The lowest BCUT2D eigenvalue weighted by Gasteiger charge is -2.25. The fraction of sp³-hybridized carbons (Fsp3) is 0.241. The maximum Gasteiger partial charge on any atom is 0.333 e. The average Bonchev–Trinajstić information content (AvgIpc) is 2.91. The second kappa shape index (κ2) is 9.60. The van der Waals surface area contributed by atoms with Crippen molar-refractivity contribution in [2.75, 3.05) is 14.2 Å². The lowest BCUT2D eigenvalue weighted by molar-refractivity contribution is -0.673. The SMILES string of the molecule is COc1c(-c2ccccc2)cc2c(c1OC)CC[n+]1c-2cc2cc(CO)c(CO)cc2c1N=C(C)N. The van der Waals surface area contributed by atoms with Gasteiger partial charge in [0.25, 0.3) is 0 Å². The number of fused-ring (bicyclic) bond motifs is 4. The van der Waals surface area contributed by atoms with Gasteiger partial charge in [0.1, 0.15) is 5.69 Å². The van der Waals surface area contributed by atoms with E-state index in [0.717, 1.165) is 56.7 Å². The number of ether oxygens (including phenoxy) is 2. The van der Waals surface area contributed by atoms with Gasteiger partial charge in [-0.3, -0.25) is 0 Å². The smallest absolute Gasteiger partial charge is 0.333 e. The Morgan fingerprint density at radius 1 is 0.944 bits per heavy atom. The van der Waals surface area contributed by atoms with Crippen molar-refractivity contribution in [1.82, 2.24) is 0 Å². The number of nitrogens with zero attached hydrogens (tertiary/aromatic N) is 2. The van der Waals surface area contributed by atoms with Crippen molar-refractivity contribution < 1.29 is 24.3 Å². The number of aromatic nitrogens is 1. The van der Waals surface area contributed by atoms with E-state index in [0.29, 0.717) is 29.3 Å². The molecule has 0 bridgehead atoms. The number of hydrogen-bond donors (Lipinski definition) is 3.